The number of carboxylic acids is 2. The van der Waals surface area contributed by atoms with Gasteiger partial charge in [0, 0.05) is 0 Å². The van der Waals surface area contributed by atoms with E-state index in [4.69, 9.17) is 10.2 Å². The minimum Gasteiger partial charge on any atom is -0.478 e. The number of nitrogens with one attached hydrogen (secondary N) is 1. The van der Waals surface area contributed by atoms with Crippen LogP contribution in [0.2, 0.25) is 0 Å². The van der Waals surface area contributed by atoms with Crippen molar-refractivity contribution in [2.24, 2.45) is 0 Å². The van der Waals surface area contributed by atoms with Crippen LogP contribution in [0.25, 0.3) is 0 Å². The van der Waals surface area contributed by atoms with E-state index in [1.165, 1.54) is 0 Å². The fourth-order valence-electron chi connectivity index (χ4n) is 1.31. The highest BCUT2D eigenvalue weighted by molar-refractivity contribution is 5.97. The summed E-state index contributed by atoms with van der Waals surface area (Å²) in [5, 5.41) is 17.7. The van der Waals surface area contributed by atoms with Gasteiger partial charge in [0.15, 0.2) is 0 Å². The van der Waals surface area contributed by atoms with Gasteiger partial charge in [0.2, 0.25) is 0 Å². The lowest BCUT2D eigenvalue weighted by Gasteiger charge is -2.06. The molecule has 1 aromatic carbocycles. The van der Waals surface area contributed by atoms with E-state index in [1.54, 1.807) is 0 Å². The predicted octanol–water partition coefficient (Wildman–Crippen LogP) is -0.644. The fraction of sp³-hybridized carbons (Fsp3) is 0. The molecule has 1 aromatic heterocycles. The molecular weight excluding hydrogens is 244 g/mol. The molecule has 0 aliphatic rings. The maximum absolute atomic E-state index is 10.9. The van der Waals surface area contributed by atoms with Crippen molar-refractivity contribution in [1.29, 1.82) is 0 Å². The second-order valence-corrected chi connectivity index (χ2v) is 3.43. The summed E-state index contributed by atoms with van der Waals surface area (Å²) < 4.78 is 0.591. The molecule has 92 valence electrons. The molecule has 0 spiro atoms. The Morgan fingerprint density at radius 2 is 1.67 bits per heavy atom. The average Bonchev–Trinajstić information content (AvgIpc) is 2.86. The molecule has 0 bridgehead atoms. The van der Waals surface area contributed by atoms with E-state index in [2.05, 4.69) is 5.43 Å². The molecule has 2 rings (SSSR count). The normalized spacial score (nSPS) is 10.4. The Morgan fingerprint density at radius 1 is 1.06 bits per heavy atom. The van der Waals surface area contributed by atoms with Crippen LogP contribution in [0.3, 0.4) is 0 Å². The van der Waals surface area contributed by atoms with Crippen LogP contribution in [0, 0.1) is 0 Å². The molecule has 0 saturated carbocycles. The Labute approximate surface area is 98.4 Å². The van der Waals surface area contributed by atoms with E-state index in [0.717, 1.165) is 18.2 Å². The van der Waals surface area contributed by atoms with E-state index in [0.29, 0.717) is 4.68 Å². The van der Waals surface area contributed by atoms with Crippen molar-refractivity contribution in [3.05, 3.63) is 50.0 Å². The van der Waals surface area contributed by atoms with Gasteiger partial charge in [0.25, 0.3) is 0 Å². The zero-order valence-corrected chi connectivity index (χ0v) is 8.71. The number of rotatable bonds is 4. The van der Waals surface area contributed by atoms with Gasteiger partial charge in [-0.3, -0.25) is 15.0 Å². The van der Waals surface area contributed by atoms with Crippen molar-refractivity contribution >= 4 is 17.6 Å². The van der Waals surface area contributed by atoms with Crippen molar-refractivity contribution < 1.29 is 19.8 Å². The summed E-state index contributed by atoms with van der Waals surface area (Å²) in [6, 6.07) is 3.22. The average molecular weight is 250 g/mol. The van der Waals surface area contributed by atoms with Crippen LogP contribution in [0.1, 0.15) is 20.7 Å². The summed E-state index contributed by atoms with van der Waals surface area (Å²) in [6.07, 6.45) is 0. The first-order chi connectivity index (χ1) is 8.41. The molecule has 8 heteroatoms. The summed E-state index contributed by atoms with van der Waals surface area (Å²) in [5.41, 5.74) is 0.0817. The molecule has 0 saturated heterocycles. The first-order valence-corrected chi connectivity index (χ1v) is 4.67. The summed E-state index contributed by atoms with van der Waals surface area (Å²) in [7, 11) is 0. The molecule has 0 aliphatic heterocycles. The van der Waals surface area contributed by atoms with Crippen LogP contribution in [-0.2, 0) is 0 Å². The Hall–Kier alpha value is -2.90. The summed E-state index contributed by atoms with van der Waals surface area (Å²) >= 11 is 0. The van der Waals surface area contributed by atoms with Crippen LogP contribution in [-0.4, -0.2) is 26.8 Å². The lowest BCUT2D eigenvalue weighted by atomic mass is 10.1. The summed E-state index contributed by atoms with van der Waals surface area (Å²) in [4.78, 5) is 43.2. The monoisotopic (exact) mass is 250 g/mol. The Balaban J connectivity index is 2.47. The lowest BCUT2D eigenvalue weighted by Crippen LogP contribution is -2.13. The molecule has 0 fully saturated rings. The van der Waals surface area contributed by atoms with Gasteiger partial charge in [-0.25, -0.2) is 9.59 Å². The molecule has 0 amide bonds. The maximum Gasteiger partial charge on any atom is 0.340 e. The largest absolute Gasteiger partial charge is 0.478 e. The Bertz CT molecular complexity index is 697. The zero-order chi connectivity index (χ0) is 13.4. The highest BCUT2D eigenvalue weighted by Crippen LogP contribution is 2.18. The third-order valence-corrected chi connectivity index (χ3v) is 2.27. The van der Waals surface area contributed by atoms with Crippen molar-refractivity contribution in [3.8, 4) is 0 Å². The van der Waals surface area contributed by atoms with Crippen molar-refractivity contribution in [3.63, 3.8) is 0 Å². The third-order valence-electron chi connectivity index (χ3n) is 2.27. The van der Waals surface area contributed by atoms with Gasteiger partial charge in [-0.15, -0.1) is 0 Å². The lowest BCUT2D eigenvalue weighted by molar-refractivity contribution is 0.0682. The van der Waals surface area contributed by atoms with Gasteiger partial charge >= 0.3 is 23.1 Å². The number of nitrogens with zero attached hydrogens (tertiary/aromatic N) is 1. The topological polar surface area (TPSA) is 126 Å². The summed E-state index contributed by atoms with van der Waals surface area (Å²) in [6.45, 7) is 0. The fourth-order valence-corrected chi connectivity index (χ4v) is 1.31. The number of hydrogen-bond donors (Lipinski definition) is 3. The molecule has 18 heavy (non-hydrogen) atoms. The van der Waals surface area contributed by atoms with Gasteiger partial charge in [-0.2, -0.15) is 4.68 Å². The van der Waals surface area contributed by atoms with Crippen LogP contribution < -0.4 is 16.5 Å². The Morgan fingerprint density at radius 3 is 2.11 bits per heavy atom. The number of aromatic carboxylic acids is 2. The minimum absolute atomic E-state index is 0.137. The predicted molar refractivity (Wildman–Crippen MR) is 58.7 cm³/mol. The number of benzene rings is 1. The number of aromatic nitrogens is 1. The number of anilines is 1. The van der Waals surface area contributed by atoms with Crippen molar-refractivity contribution in [2.75, 3.05) is 5.43 Å². The van der Waals surface area contributed by atoms with Crippen LogP contribution >= 0.6 is 0 Å². The molecule has 0 atom stereocenters. The number of hydrogen-bond acceptors (Lipinski definition) is 5. The van der Waals surface area contributed by atoms with Gasteiger partial charge in [-0.05, 0) is 18.2 Å². The number of carbonyl (C=O) groups is 2. The van der Waals surface area contributed by atoms with Crippen LogP contribution in [0.5, 0.6) is 0 Å². The molecule has 1 heterocycles. The zero-order valence-electron chi connectivity index (χ0n) is 8.71. The molecule has 3 N–H and O–H groups in total. The highest BCUT2D eigenvalue weighted by atomic mass is 16.4. The van der Waals surface area contributed by atoms with Crippen LogP contribution in [0.15, 0.2) is 27.8 Å². The van der Waals surface area contributed by atoms with E-state index in [9.17, 15) is 19.2 Å². The molecule has 8 nitrogen and oxygen atoms in total. The quantitative estimate of drug-likeness (QED) is 0.616. The van der Waals surface area contributed by atoms with E-state index < -0.39 is 23.1 Å². The number of carboxylic acid groups (broad SMARTS) is 2. The highest BCUT2D eigenvalue weighted by Gasteiger charge is 2.20. The maximum atomic E-state index is 10.9. The van der Waals surface area contributed by atoms with Crippen LogP contribution in [0.4, 0.5) is 5.69 Å². The molecule has 2 aromatic rings. The summed E-state index contributed by atoms with van der Waals surface area (Å²) in [5.74, 6) is -2.56. The molecule has 0 unspecified atom stereocenters. The van der Waals surface area contributed by atoms with Gasteiger partial charge in [-0.1, -0.05) is 0 Å². The first kappa shape index (κ1) is 11.6. The minimum atomic E-state index is -1.31. The van der Waals surface area contributed by atoms with E-state index in [1.807, 2.05) is 0 Å². The molecule has 0 radical (unpaired) electrons. The van der Waals surface area contributed by atoms with Gasteiger partial charge in [0.05, 0.1) is 16.8 Å². The molecule has 0 aliphatic carbocycles. The molecular formula is C10H6N2O6. The first-order valence-electron chi connectivity index (χ1n) is 4.67. The third kappa shape index (κ3) is 1.86. The van der Waals surface area contributed by atoms with Crippen molar-refractivity contribution in [2.45, 2.75) is 0 Å². The smallest absolute Gasteiger partial charge is 0.340 e. The standard InChI is InChI=1S/C10H6N2O6/c13-7-8(14)12(7)11-6-3-4(9(15)16)1-2-5(6)10(17)18/h1-3,11H,(H,15,16)(H,17,18). The van der Waals surface area contributed by atoms with E-state index >= 15 is 0 Å². The van der Waals surface area contributed by atoms with Gasteiger partial charge in [0.1, 0.15) is 0 Å². The SMILES string of the molecule is O=C(O)c1ccc(C(=O)O)c(Nn2c(=O)c2=O)c1. The van der Waals surface area contributed by atoms with Gasteiger partial charge < -0.3 is 10.2 Å². The van der Waals surface area contributed by atoms with E-state index in [-0.39, 0.29) is 16.8 Å². The second-order valence-electron chi connectivity index (χ2n) is 3.43. The Kier molecular flexibility index (Phi) is 2.47. The second kappa shape index (κ2) is 3.84. The van der Waals surface area contributed by atoms with Crippen molar-refractivity contribution in [1.82, 2.24) is 4.68 Å².